The lowest BCUT2D eigenvalue weighted by molar-refractivity contribution is -0.137. The zero-order valence-corrected chi connectivity index (χ0v) is 17.0. The molecule has 0 bridgehead atoms. The third-order valence-corrected chi connectivity index (χ3v) is 5.48. The molecular formula is C22H26F3N5. The van der Waals surface area contributed by atoms with Gasteiger partial charge in [-0.3, -0.25) is 0 Å². The van der Waals surface area contributed by atoms with E-state index < -0.39 is 11.7 Å². The lowest BCUT2D eigenvalue weighted by Gasteiger charge is -2.19. The average molecular weight is 417 g/mol. The Balaban J connectivity index is 1.58. The zero-order chi connectivity index (χ0) is 21.6. The van der Waals surface area contributed by atoms with Gasteiger partial charge in [-0.15, -0.1) is 0 Å². The fourth-order valence-electron chi connectivity index (χ4n) is 3.81. The Kier molecular flexibility index (Phi) is 7.40. The van der Waals surface area contributed by atoms with Gasteiger partial charge in [-0.05, 0) is 77.0 Å². The Morgan fingerprint density at radius 3 is 2.77 bits per heavy atom. The molecule has 1 fully saturated rings. The van der Waals surface area contributed by atoms with Crippen molar-refractivity contribution < 1.29 is 13.2 Å². The van der Waals surface area contributed by atoms with E-state index in [2.05, 4.69) is 27.2 Å². The number of nitrogens with zero attached hydrogens (tertiary/aromatic N) is 4. The summed E-state index contributed by atoms with van der Waals surface area (Å²) >= 11 is 0. The van der Waals surface area contributed by atoms with Gasteiger partial charge in [0.15, 0.2) is 0 Å². The zero-order valence-electron chi connectivity index (χ0n) is 17.0. The van der Waals surface area contributed by atoms with Crippen molar-refractivity contribution in [2.45, 2.75) is 44.3 Å². The third kappa shape index (κ3) is 6.00. The van der Waals surface area contributed by atoms with Gasteiger partial charge in [-0.2, -0.15) is 18.4 Å². The number of hydrogen-bond acceptors (Lipinski definition) is 5. The maximum Gasteiger partial charge on any atom is 0.416 e. The lowest BCUT2D eigenvalue weighted by Crippen LogP contribution is -2.29. The van der Waals surface area contributed by atoms with Gasteiger partial charge in [0, 0.05) is 17.3 Å². The SMILES string of the molecule is CN1CCCC1CCNCCCc1cc(-c2cccc(C(F)(F)F)c2)nc(C#N)n1. The second kappa shape index (κ2) is 10.0. The van der Waals surface area contributed by atoms with Crippen LogP contribution in [0.2, 0.25) is 0 Å². The summed E-state index contributed by atoms with van der Waals surface area (Å²) in [7, 11) is 2.17. The van der Waals surface area contributed by atoms with Crippen LogP contribution in [0.5, 0.6) is 0 Å². The highest BCUT2D eigenvalue weighted by Crippen LogP contribution is 2.31. The molecule has 2 heterocycles. The van der Waals surface area contributed by atoms with Crippen molar-refractivity contribution in [1.29, 1.82) is 5.26 Å². The molecule has 30 heavy (non-hydrogen) atoms. The fourth-order valence-corrected chi connectivity index (χ4v) is 3.81. The molecule has 1 aliphatic rings. The van der Waals surface area contributed by atoms with Crippen LogP contribution in [0.4, 0.5) is 13.2 Å². The second-order valence-electron chi connectivity index (χ2n) is 7.68. The highest BCUT2D eigenvalue weighted by Gasteiger charge is 2.30. The number of aryl methyl sites for hydroxylation is 1. The summed E-state index contributed by atoms with van der Waals surface area (Å²) in [5.41, 5.74) is 0.575. The predicted octanol–water partition coefficient (Wildman–Crippen LogP) is 4.04. The first kappa shape index (κ1) is 22.2. The lowest BCUT2D eigenvalue weighted by atomic mass is 10.1. The third-order valence-electron chi connectivity index (χ3n) is 5.48. The van der Waals surface area contributed by atoms with Crippen LogP contribution in [0.3, 0.4) is 0 Å². The van der Waals surface area contributed by atoms with Crippen LogP contribution in [0.1, 0.15) is 42.8 Å². The smallest absolute Gasteiger partial charge is 0.317 e. The van der Waals surface area contributed by atoms with Crippen molar-refractivity contribution in [1.82, 2.24) is 20.2 Å². The van der Waals surface area contributed by atoms with E-state index in [4.69, 9.17) is 0 Å². The van der Waals surface area contributed by atoms with Crippen LogP contribution < -0.4 is 5.32 Å². The van der Waals surface area contributed by atoms with Crippen LogP contribution in [0, 0.1) is 11.3 Å². The number of likely N-dealkylation sites (tertiary alicyclic amines) is 1. The molecule has 0 saturated carbocycles. The van der Waals surface area contributed by atoms with Gasteiger partial charge in [0.25, 0.3) is 0 Å². The molecule has 2 aromatic rings. The molecule has 3 rings (SSSR count). The highest BCUT2D eigenvalue weighted by molar-refractivity contribution is 5.61. The van der Waals surface area contributed by atoms with Crippen LogP contribution >= 0.6 is 0 Å². The van der Waals surface area contributed by atoms with E-state index in [0.29, 0.717) is 29.4 Å². The fraction of sp³-hybridized carbons (Fsp3) is 0.500. The van der Waals surface area contributed by atoms with Gasteiger partial charge in [0.2, 0.25) is 5.82 Å². The number of nitrogens with one attached hydrogen (secondary N) is 1. The Bertz CT molecular complexity index is 891. The quantitative estimate of drug-likeness (QED) is 0.657. The summed E-state index contributed by atoms with van der Waals surface area (Å²) < 4.78 is 39.0. The van der Waals surface area contributed by atoms with Crippen molar-refractivity contribution in [3.8, 4) is 17.3 Å². The van der Waals surface area contributed by atoms with Gasteiger partial charge >= 0.3 is 6.18 Å². The van der Waals surface area contributed by atoms with Crippen LogP contribution in [-0.4, -0.2) is 47.6 Å². The molecule has 0 spiro atoms. The number of alkyl halides is 3. The van der Waals surface area contributed by atoms with Crippen molar-refractivity contribution in [2.24, 2.45) is 0 Å². The molecule has 0 radical (unpaired) electrons. The van der Waals surface area contributed by atoms with Crippen molar-refractivity contribution in [3.05, 3.63) is 47.4 Å². The van der Waals surface area contributed by atoms with E-state index in [1.807, 2.05) is 6.07 Å². The molecule has 1 aromatic carbocycles. The minimum atomic E-state index is -4.43. The maximum atomic E-state index is 13.0. The van der Waals surface area contributed by atoms with E-state index in [0.717, 1.165) is 38.1 Å². The molecule has 1 saturated heterocycles. The Hall–Kier alpha value is -2.50. The highest BCUT2D eigenvalue weighted by atomic mass is 19.4. The Morgan fingerprint density at radius 1 is 1.23 bits per heavy atom. The number of nitriles is 1. The minimum absolute atomic E-state index is 0.0304. The van der Waals surface area contributed by atoms with E-state index in [-0.39, 0.29) is 5.82 Å². The Morgan fingerprint density at radius 2 is 2.07 bits per heavy atom. The number of aromatic nitrogens is 2. The Labute approximate surface area is 175 Å². The summed E-state index contributed by atoms with van der Waals surface area (Å²) in [6.45, 7) is 2.95. The predicted molar refractivity (Wildman–Crippen MR) is 109 cm³/mol. The molecule has 0 amide bonds. The standard InChI is InChI=1S/C22H26F3N5/c1-30-12-4-8-19(30)9-11-27-10-3-7-18-14-20(29-21(15-26)28-18)16-5-2-6-17(13-16)22(23,24)25/h2,5-6,13-14,19,27H,3-4,7-12H2,1H3. The van der Waals surface area contributed by atoms with Gasteiger partial charge in [-0.1, -0.05) is 12.1 Å². The number of benzene rings is 1. The molecule has 1 N–H and O–H groups in total. The first-order valence-electron chi connectivity index (χ1n) is 10.2. The molecule has 8 heteroatoms. The minimum Gasteiger partial charge on any atom is -0.317 e. The molecule has 160 valence electrons. The maximum absolute atomic E-state index is 13.0. The number of halogens is 3. The molecule has 1 atom stereocenters. The molecule has 5 nitrogen and oxygen atoms in total. The second-order valence-corrected chi connectivity index (χ2v) is 7.68. The van der Waals surface area contributed by atoms with Crippen molar-refractivity contribution in [3.63, 3.8) is 0 Å². The molecule has 1 aliphatic heterocycles. The monoisotopic (exact) mass is 417 g/mol. The molecular weight excluding hydrogens is 391 g/mol. The van der Waals surface area contributed by atoms with Crippen molar-refractivity contribution in [2.75, 3.05) is 26.7 Å². The first-order chi connectivity index (χ1) is 14.4. The van der Waals surface area contributed by atoms with Gasteiger partial charge < -0.3 is 10.2 Å². The summed E-state index contributed by atoms with van der Waals surface area (Å²) in [6.07, 6.45) is 0.674. The topological polar surface area (TPSA) is 64.8 Å². The number of rotatable bonds is 8. The van der Waals surface area contributed by atoms with Gasteiger partial charge in [-0.25, -0.2) is 9.97 Å². The number of hydrogen-bond donors (Lipinski definition) is 1. The van der Waals surface area contributed by atoms with Crippen LogP contribution in [0.15, 0.2) is 30.3 Å². The van der Waals surface area contributed by atoms with E-state index in [1.54, 1.807) is 12.1 Å². The summed E-state index contributed by atoms with van der Waals surface area (Å²) in [6, 6.07) is 9.21. The van der Waals surface area contributed by atoms with Gasteiger partial charge in [0.1, 0.15) is 6.07 Å². The van der Waals surface area contributed by atoms with Crippen molar-refractivity contribution >= 4 is 0 Å². The van der Waals surface area contributed by atoms with E-state index in [9.17, 15) is 18.4 Å². The van der Waals surface area contributed by atoms with Crippen LogP contribution in [0.25, 0.3) is 11.3 Å². The van der Waals surface area contributed by atoms with Gasteiger partial charge in [0.05, 0.1) is 11.3 Å². The summed E-state index contributed by atoms with van der Waals surface area (Å²) in [5.74, 6) is -0.0304. The van der Waals surface area contributed by atoms with E-state index >= 15 is 0 Å². The van der Waals surface area contributed by atoms with Crippen LogP contribution in [-0.2, 0) is 12.6 Å². The average Bonchev–Trinajstić information content (AvgIpc) is 3.14. The summed E-state index contributed by atoms with van der Waals surface area (Å²) in [4.78, 5) is 10.7. The normalized spacial score (nSPS) is 17.2. The first-order valence-corrected chi connectivity index (χ1v) is 10.2. The van der Waals surface area contributed by atoms with E-state index in [1.165, 1.54) is 25.5 Å². The molecule has 0 aliphatic carbocycles. The summed E-state index contributed by atoms with van der Waals surface area (Å²) in [5, 5.41) is 12.7. The molecule has 1 unspecified atom stereocenters. The molecule has 1 aromatic heterocycles. The largest absolute Gasteiger partial charge is 0.416 e.